The Morgan fingerprint density at radius 1 is 1.24 bits per heavy atom. The molecule has 122 valence electrons. The first-order valence-electron chi connectivity index (χ1n) is 7.47. The van der Waals surface area contributed by atoms with Crippen molar-refractivity contribution in [1.82, 2.24) is 10.3 Å². The summed E-state index contributed by atoms with van der Waals surface area (Å²) < 4.78 is 10.7. The minimum Gasteiger partial charge on any atom is -0.383 e. The number of nitrogens with one attached hydrogen (secondary N) is 1. The van der Waals surface area contributed by atoms with Gasteiger partial charge in [0.05, 0.1) is 24.4 Å². The van der Waals surface area contributed by atoms with E-state index in [0.29, 0.717) is 19.1 Å². The molecular weight excluding hydrogens is 284 g/mol. The van der Waals surface area contributed by atoms with Crippen LogP contribution in [0.5, 0.6) is 0 Å². The number of hydrogen-bond acceptors (Lipinski definition) is 5. The normalized spacial score (nSPS) is 15.4. The van der Waals surface area contributed by atoms with Gasteiger partial charge in [-0.25, -0.2) is 4.98 Å². The largest absolute Gasteiger partial charge is 0.383 e. The predicted molar refractivity (Wildman–Crippen MR) is 89.1 cm³/mol. The Labute approximate surface area is 133 Å². The van der Waals surface area contributed by atoms with Crippen molar-refractivity contribution in [3.8, 4) is 0 Å². The number of methoxy groups -OCH3 is 2. The van der Waals surface area contributed by atoms with E-state index in [1.807, 2.05) is 0 Å². The summed E-state index contributed by atoms with van der Waals surface area (Å²) in [6.07, 6.45) is 0. The van der Waals surface area contributed by atoms with E-state index in [4.69, 9.17) is 14.5 Å². The van der Waals surface area contributed by atoms with Crippen molar-refractivity contribution >= 4 is 11.3 Å². The summed E-state index contributed by atoms with van der Waals surface area (Å²) >= 11 is 1.72. The second-order valence-electron chi connectivity index (χ2n) is 6.77. The molecule has 0 aromatic carbocycles. The summed E-state index contributed by atoms with van der Waals surface area (Å²) in [6, 6.07) is 0. The van der Waals surface area contributed by atoms with E-state index in [1.165, 1.54) is 0 Å². The molecule has 0 aliphatic heterocycles. The van der Waals surface area contributed by atoms with Crippen LogP contribution in [0.25, 0.3) is 0 Å². The molecule has 4 nitrogen and oxygen atoms in total. The number of rotatable bonds is 8. The van der Waals surface area contributed by atoms with Gasteiger partial charge >= 0.3 is 0 Å². The standard InChI is InChI=1S/C16H30N2O2S/c1-12(2)16(11-20-7,17-8-9-19-6)14-18-13(10-21-14)15(3,4)5/h10,12,17H,8-9,11H2,1-7H3. The molecule has 0 saturated carbocycles. The van der Waals surface area contributed by atoms with Crippen LogP contribution in [-0.2, 0) is 20.4 Å². The van der Waals surface area contributed by atoms with Crippen LogP contribution in [0.3, 0.4) is 0 Å². The first-order chi connectivity index (χ1) is 9.78. The lowest BCUT2D eigenvalue weighted by Gasteiger charge is -2.36. The Morgan fingerprint density at radius 2 is 1.90 bits per heavy atom. The van der Waals surface area contributed by atoms with Crippen molar-refractivity contribution < 1.29 is 9.47 Å². The average molecular weight is 314 g/mol. The number of hydrogen-bond donors (Lipinski definition) is 1. The van der Waals surface area contributed by atoms with Crippen molar-refractivity contribution in [2.75, 3.05) is 34.0 Å². The molecule has 1 N–H and O–H groups in total. The molecule has 1 heterocycles. The molecule has 1 aromatic rings. The molecular formula is C16H30N2O2S. The molecule has 1 rings (SSSR count). The van der Waals surface area contributed by atoms with E-state index in [-0.39, 0.29) is 11.0 Å². The lowest BCUT2D eigenvalue weighted by molar-refractivity contribution is 0.0686. The first-order valence-corrected chi connectivity index (χ1v) is 8.35. The summed E-state index contributed by atoms with van der Waals surface area (Å²) in [5.74, 6) is 0.369. The molecule has 5 heteroatoms. The van der Waals surface area contributed by atoms with Gasteiger partial charge in [0.1, 0.15) is 5.01 Å². The number of aromatic nitrogens is 1. The fourth-order valence-electron chi connectivity index (χ4n) is 2.23. The van der Waals surface area contributed by atoms with Crippen LogP contribution in [0, 0.1) is 5.92 Å². The second kappa shape index (κ2) is 7.68. The first kappa shape index (κ1) is 18.6. The topological polar surface area (TPSA) is 43.4 Å². The van der Waals surface area contributed by atoms with E-state index in [0.717, 1.165) is 17.2 Å². The fourth-order valence-corrected chi connectivity index (χ4v) is 3.59. The molecule has 1 aromatic heterocycles. The van der Waals surface area contributed by atoms with Crippen LogP contribution in [0.4, 0.5) is 0 Å². The maximum absolute atomic E-state index is 5.51. The third-order valence-corrected chi connectivity index (χ3v) is 4.78. The smallest absolute Gasteiger partial charge is 0.116 e. The summed E-state index contributed by atoms with van der Waals surface area (Å²) in [7, 11) is 3.46. The highest BCUT2D eigenvalue weighted by Gasteiger charge is 2.39. The zero-order chi connectivity index (χ0) is 16.1. The van der Waals surface area contributed by atoms with Gasteiger partial charge in [-0.2, -0.15) is 0 Å². The summed E-state index contributed by atoms with van der Waals surface area (Å²) in [6.45, 7) is 13.0. The highest BCUT2D eigenvalue weighted by atomic mass is 32.1. The maximum Gasteiger partial charge on any atom is 0.116 e. The third-order valence-electron chi connectivity index (χ3n) is 3.76. The summed E-state index contributed by atoms with van der Waals surface area (Å²) in [4.78, 5) is 4.91. The van der Waals surface area contributed by atoms with E-state index >= 15 is 0 Å². The minimum absolute atomic E-state index is 0.0665. The average Bonchev–Trinajstić information content (AvgIpc) is 2.87. The summed E-state index contributed by atoms with van der Waals surface area (Å²) in [5, 5.41) is 6.88. The van der Waals surface area contributed by atoms with Gasteiger partial charge in [0.2, 0.25) is 0 Å². The monoisotopic (exact) mass is 314 g/mol. The highest BCUT2D eigenvalue weighted by Crippen LogP contribution is 2.35. The zero-order valence-electron chi connectivity index (χ0n) is 14.4. The third kappa shape index (κ3) is 4.49. The van der Waals surface area contributed by atoms with Gasteiger partial charge < -0.3 is 14.8 Å². The molecule has 0 aliphatic rings. The van der Waals surface area contributed by atoms with Gasteiger partial charge in [0.15, 0.2) is 0 Å². The number of thiazole rings is 1. The SMILES string of the molecule is COCCNC(COC)(c1nc(C(C)(C)C)cs1)C(C)C. The van der Waals surface area contributed by atoms with Crippen LogP contribution >= 0.6 is 11.3 Å². The molecule has 1 unspecified atom stereocenters. The molecule has 0 bridgehead atoms. The van der Waals surface area contributed by atoms with Gasteiger partial charge in [-0.1, -0.05) is 34.6 Å². The van der Waals surface area contributed by atoms with Crippen LogP contribution < -0.4 is 5.32 Å². The van der Waals surface area contributed by atoms with Crippen molar-refractivity contribution in [2.45, 2.75) is 45.6 Å². The molecule has 0 spiro atoms. The van der Waals surface area contributed by atoms with Crippen LogP contribution in [0.2, 0.25) is 0 Å². The fraction of sp³-hybridized carbons (Fsp3) is 0.812. The molecule has 21 heavy (non-hydrogen) atoms. The van der Waals surface area contributed by atoms with Crippen molar-refractivity contribution in [2.24, 2.45) is 5.92 Å². The van der Waals surface area contributed by atoms with E-state index < -0.39 is 0 Å². The van der Waals surface area contributed by atoms with Gasteiger partial charge in [0.25, 0.3) is 0 Å². The molecule has 0 radical (unpaired) electrons. The lowest BCUT2D eigenvalue weighted by atomic mass is 9.87. The zero-order valence-corrected chi connectivity index (χ0v) is 15.3. The van der Waals surface area contributed by atoms with Gasteiger partial charge in [-0.05, 0) is 5.92 Å². The van der Waals surface area contributed by atoms with Gasteiger partial charge in [0, 0.05) is 31.6 Å². The maximum atomic E-state index is 5.51. The molecule has 0 saturated heterocycles. The highest BCUT2D eigenvalue weighted by molar-refractivity contribution is 7.09. The van der Waals surface area contributed by atoms with Crippen LogP contribution in [0.1, 0.15) is 45.3 Å². The molecule has 0 fully saturated rings. The van der Waals surface area contributed by atoms with E-state index in [1.54, 1.807) is 25.6 Å². The Hall–Kier alpha value is -0.490. The van der Waals surface area contributed by atoms with Crippen molar-refractivity contribution in [1.29, 1.82) is 0 Å². The van der Waals surface area contributed by atoms with E-state index in [9.17, 15) is 0 Å². The van der Waals surface area contributed by atoms with Gasteiger partial charge in [-0.15, -0.1) is 11.3 Å². The van der Waals surface area contributed by atoms with Crippen molar-refractivity contribution in [3.05, 3.63) is 16.1 Å². The Balaban J connectivity index is 3.12. The molecule has 1 atom stereocenters. The minimum atomic E-state index is -0.262. The number of ether oxygens (including phenoxy) is 2. The lowest BCUT2D eigenvalue weighted by Crippen LogP contribution is -2.51. The summed E-state index contributed by atoms with van der Waals surface area (Å²) in [5.41, 5.74) is 0.940. The van der Waals surface area contributed by atoms with Crippen LogP contribution in [-0.4, -0.2) is 39.0 Å². The predicted octanol–water partition coefficient (Wildman–Crippen LogP) is 3.17. The number of nitrogens with zero attached hydrogens (tertiary/aromatic N) is 1. The Morgan fingerprint density at radius 3 is 2.33 bits per heavy atom. The van der Waals surface area contributed by atoms with Gasteiger partial charge in [-0.3, -0.25) is 0 Å². The molecule has 0 aliphatic carbocycles. The second-order valence-corrected chi connectivity index (χ2v) is 7.62. The van der Waals surface area contributed by atoms with Crippen LogP contribution in [0.15, 0.2) is 5.38 Å². The Kier molecular flexibility index (Phi) is 6.78. The quantitative estimate of drug-likeness (QED) is 0.749. The van der Waals surface area contributed by atoms with Crippen molar-refractivity contribution in [3.63, 3.8) is 0 Å². The Bertz CT molecular complexity index is 426. The molecule has 0 amide bonds. The van der Waals surface area contributed by atoms with E-state index in [2.05, 4.69) is 45.3 Å².